The number of aliphatic hydroxyl groups is 1. The number of H-pyrrole nitrogens is 2. The molecule has 0 unspecified atom stereocenters. The Balaban J connectivity index is 1.37. The number of fused-ring (bicyclic) bond motifs is 1. The third kappa shape index (κ3) is 5.52. The smallest absolute Gasteiger partial charge is 0.319 e. The van der Waals surface area contributed by atoms with E-state index >= 15 is 0 Å². The number of hydrogen-bond acceptors (Lipinski definition) is 5. The zero-order valence-electron chi connectivity index (χ0n) is 19.9. The van der Waals surface area contributed by atoms with Crippen molar-refractivity contribution in [1.29, 1.82) is 0 Å². The quantitative estimate of drug-likeness (QED) is 0.190. The number of pyridine rings is 1. The van der Waals surface area contributed by atoms with Crippen LogP contribution in [-0.4, -0.2) is 32.6 Å². The summed E-state index contributed by atoms with van der Waals surface area (Å²) in [5, 5.41) is 19.4. The average Bonchev–Trinajstić information content (AvgIpc) is 3.36. The summed E-state index contributed by atoms with van der Waals surface area (Å²) in [5.41, 5.74) is 3.93. The summed E-state index contributed by atoms with van der Waals surface area (Å²) in [6.07, 6.45) is 0.782. The molecule has 0 saturated carbocycles. The van der Waals surface area contributed by atoms with Crippen molar-refractivity contribution in [3.8, 4) is 11.4 Å². The van der Waals surface area contributed by atoms with Crippen molar-refractivity contribution in [2.45, 2.75) is 12.6 Å². The Morgan fingerprint density at radius 1 is 0.919 bits per heavy atom. The Morgan fingerprint density at radius 2 is 1.68 bits per heavy atom. The number of anilines is 2. The maximum absolute atomic E-state index is 12.8. The Labute approximate surface area is 212 Å². The molecular formula is C28H26N6O3. The van der Waals surface area contributed by atoms with E-state index in [1.165, 1.54) is 6.20 Å². The number of aromatic amines is 2. The molecule has 3 aromatic carbocycles. The Morgan fingerprint density at radius 3 is 2.46 bits per heavy atom. The molecule has 0 aliphatic heterocycles. The molecule has 0 saturated heterocycles. The summed E-state index contributed by atoms with van der Waals surface area (Å²) in [7, 11) is 0. The van der Waals surface area contributed by atoms with Gasteiger partial charge in [-0.2, -0.15) is 0 Å². The molecule has 2 amide bonds. The van der Waals surface area contributed by atoms with Crippen LogP contribution in [0.2, 0.25) is 0 Å². The Kier molecular flexibility index (Phi) is 6.95. The van der Waals surface area contributed by atoms with Crippen LogP contribution >= 0.6 is 0 Å². The van der Waals surface area contributed by atoms with Gasteiger partial charge in [0.2, 0.25) is 0 Å². The van der Waals surface area contributed by atoms with Crippen LogP contribution in [0.5, 0.6) is 0 Å². The molecule has 37 heavy (non-hydrogen) atoms. The number of amides is 2. The molecule has 9 heteroatoms. The molecule has 1 atom stereocenters. The molecule has 2 aromatic heterocycles. The topological polar surface area (TPSA) is 135 Å². The Bertz CT molecular complexity index is 1560. The monoisotopic (exact) mass is 494 g/mol. The first-order valence-electron chi connectivity index (χ1n) is 11.8. The highest BCUT2D eigenvalue weighted by Gasteiger charge is 2.17. The lowest BCUT2D eigenvalue weighted by atomic mass is 10.1. The number of carbonyl (C=O) groups excluding carboxylic acids is 1. The highest BCUT2D eigenvalue weighted by molar-refractivity contribution is 5.99. The summed E-state index contributed by atoms with van der Waals surface area (Å²) >= 11 is 0. The largest absolute Gasteiger partial charge is 0.387 e. The number of carbonyl (C=O) groups is 1. The number of aliphatic hydroxyl groups excluding tert-OH is 1. The Hall–Kier alpha value is -4.89. The van der Waals surface area contributed by atoms with E-state index in [0.717, 1.165) is 11.1 Å². The molecule has 0 spiro atoms. The fourth-order valence-electron chi connectivity index (χ4n) is 4.06. The van der Waals surface area contributed by atoms with E-state index in [1.807, 2.05) is 66.7 Å². The molecular weight excluding hydrogens is 468 g/mol. The van der Waals surface area contributed by atoms with Crippen molar-refractivity contribution in [3.63, 3.8) is 0 Å². The van der Waals surface area contributed by atoms with Gasteiger partial charge in [-0.05, 0) is 29.3 Å². The van der Waals surface area contributed by atoms with Gasteiger partial charge in [-0.1, -0.05) is 66.7 Å². The molecule has 5 aromatic rings. The molecule has 0 fully saturated rings. The number of nitrogens with one attached hydrogen (secondary N) is 5. The zero-order chi connectivity index (χ0) is 25.6. The summed E-state index contributed by atoms with van der Waals surface area (Å²) in [6.45, 7) is 0.590. The van der Waals surface area contributed by atoms with Gasteiger partial charge in [0.05, 0.1) is 23.0 Å². The van der Waals surface area contributed by atoms with Gasteiger partial charge in [0.1, 0.15) is 16.9 Å². The standard InChI is InChI=1S/C28H26N6O3/c35-23(19-10-5-2-6-11-19)17-30-20-14-15-29-27(36)24(20)26-32-21-12-7-13-22(25(21)34-26)33-28(37)31-16-18-8-3-1-4-9-18/h1-15,23,35H,16-17H2,(H,32,34)(H2,29,30,36)(H2,31,33,37)/t23-/m0/s1. The van der Waals surface area contributed by atoms with Gasteiger partial charge in [-0.15, -0.1) is 0 Å². The van der Waals surface area contributed by atoms with Crippen molar-refractivity contribution in [2.24, 2.45) is 0 Å². The van der Waals surface area contributed by atoms with E-state index in [2.05, 4.69) is 30.9 Å². The zero-order valence-corrected chi connectivity index (χ0v) is 19.9. The van der Waals surface area contributed by atoms with Gasteiger partial charge in [0.15, 0.2) is 0 Å². The van der Waals surface area contributed by atoms with Gasteiger partial charge in [-0.25, -0.2) is 9.78 Å². The molecule has 0 aliphatic rings. The van der Waals surface area contributed by atoms with Gasteiger partial charge in [0.25, 0.3) is 5.56 Å². The highest BCUT2D eigenvalue weighted by Crippen LogP contribution is 2.28. The highest BCUT2D eigenvalue weighted by atomic mass is 16.3. The lowest BCUT2D eigenvalue weighted by molar-refractivity contribution is 0.191. The number of rotatable bonds is 8. The third-order valence-corrected chi connectivity index (χ3v) is 5.92. The minimum atomic E-state index is -0.755. The van der Waals surface area contributed by atoms with E-state index in [-0.39, 0.29) is 18.1 Å². The summed E-state index contributed by atoms with van der Waals surface area (Å²) in [6, 6.07) is 25.6. The lowest BCUT2D eigenvalue weighted by Gasteiger charge is -2.14. The first-order chi connectivity index (χ1) is 18.1. The van der Waals surface area contributed by atoms with E-state index in [1.54, 1.807) is 18.2 Å². The third-order valence-electron chi connectivity index (χ3n) is 5.92. The fraction of sp³-hybridized carbons (Fsp3) is 0.107. The SMILES string of the molecule is O=C(NCc1ccccc1)Nc1cccc2[nH]c(-c3c(NC[C@H](O)c4ccccc4)cc[nH]c3=O)nc12. The number of nitrogens with zero attached hydrogens (tertiary/aromatic N) is 1. The minimum absolute atomic E-state index is 0.203. The van der Waals surface area contributed by atoms with Crippen LogP contribution in [-0.2, 0) is 6.54 Å². The van der Waals surface area contributed by atoms with Gasteiger partial charge >= 0.3 is 6.03 Å². The second-order valence-electron chi connectivity index (χ2n) is 8.48. The predicted molar refractivity (Wildman–Crippen MR) is 144 cm³/mol. The van der Waals surface area contributed by atoms with Gasteiger partial charge in [-0.3, -0.25) is 4.79 Å². The van der Waals surface area contributed by atoms with Crippen LogP contribution < -0.4 is 21.5 Å². The van der Waals surface area contributed by atoms with Crippen LogP contribution in [0.15, 0.2) is 95.9 Å². The van der Waals surface area contributed by atoms with Gasteiger partial charge < -0.3 is 31.0 Å². The van der Waals surface area contributed by atoms with Crippen molar-refractivity contribution in [2.75, 3.05) is 17.2 Å². The van der Waals surface area contributed by atoms with Crippen molar-refractivity contribution in [1.82, 2.24) is 20.3 Å². The number of imidazole rings is 1. The molecule has 0 aliphatic carbocycles. The normalized spacial score (nSPS) is 11.7. The lowest BCUT2D eigenvalue weighted by Crippen LogP contribution is -2.28. The molecule has 6 N–H and O–H groups in total. The number of benzene rings is 3. The van der Waals surface area contributed by atoms with Crippen molar-refractivity contribution in [3.05, 3.63) is 113 Å². The number of hydrogen-bond donors (Lipinski definition) is 6. The van der Waals surface area contributed by atoms with Crippen molar-refractivity contribution < 1.29 is 9.90 Å². The average molecular weight is 495 g/mol. The van der Waals surface area contributed by atoms with E-state index in [0.29, 0.717) is 40.3 Å². The van der Waals surface area contributed by atoms with E-state index in [9.17, 15) is 14.7 Å². The van der Waals surface area contributed by atoms with Crippen LogP contribution in [0.3, 0.4) is 0 Å². The van der Waals surface area contributed by atoms with E-state index in [4.69, 9.17) is 0 Å². The summed E-state index contributed by atoms with van der Waals surface area (Å²) < 4.78 is 0. The molecule has 186 valence electrons. The minimum Gasteiger partial charge on any atom is -0.387 e. The number of aromatic nitrogens is 3. The first kappa shape index (κ1) is 23.8. The molecule has 0 bridgehead atoms. The van der Waals surface area contributed by atoms with Crippen LogP contribution in [0.1, 0.15) is 17.2 Å². The molecule has 9 nitrogen and oxygen atoms in total. The first-order valence-corrected chi connectivity index (χ1v) is 11.8. The second-order valence-corrected chi connectivity index (χ2v) is 8.48. The maximum atomic E-state index is 12.8. The van der Waals surface area contributed by atoms with Crippen LogP contribution in [0.4, 0.5) is 16.2 Å². The summed E-state index contributed by atoms with van der Waals surface area (Å²) in [5.74, 6) is 0.340. The van der Waals surface area contributed by atoms with Crippen molar-refractivity contribution >= 4 is 28.4 Å². The molecule has 0 radical (unpaired) electrons. The van der Waals surface area contributed by atoms with Crippen LogP contribution in [0.25, 0.3) is 22.4 Å². The number of urea groups is 1. The second kappa shape index (κ2) is 10.8. The number of para-hydroxylation sites is 1. The molecule has 2 heterocycles. The molecule has 5 rings (SSSR count). The fourth-order valence-corrected chi connectivity index (χ4v) is 4.06. The van der Waals surface area contributed by atoms with Crippen LogP contribution in [0, 0.1) is 0 Å². The van der Waals surface area contributed by atoms with E-state index < -0.39 is 6.10 Å². The maximum Gasteiger partial charge on any atom is 0.319 e. The predicted octanol–water partition coefficient (Wildman–Crippen LogP) is 4.39. The summed E-state index contributed by atoms with van der Waals surface area (Å²) in [4.78, 5) is 35.9. The van der Waals surface area contributed by atoms with Gasteiger partial charge in [0, 0.05) is 19.3 Å².